The third kappa shape index (κ3) is 8.29. The van der Waals surface area contributed by atoms with E-state index in [2.05, 4.69) is 30.4 Å². The zero-order chi connectivity index (χ0) is 30.7. The van der Waals surface area contributed by atoms with Gasteiger partial charge in [-0.3, -0.25) is 14.4 Å². The van der Waals surface area contributed by atoms with Gasteiger partial charge in [0.15, 0.2) is 0 Å². The molecule has 3 aliphatic rings. The molecule has 0 spiro atoms. The molecule has 7 heteroatoms. The van der Waals surface area contributed by atoms with Crippen LogP contribution < -0.4 is 5.32 Å². The van der Waals surface area contributed by atoms with E-state index in [4.69, 9.17) is 9.47 Å². The van der Waals surface area contributed by atoms with Crippen molar-refractivity contribution in [1.29, 1.82) is 0 Å². The maximum absolute atomic E-state index is 14.1. The molecule has 4 rings (SSSR count). The van der Waals surface area contributed by atoms with Crippen LogP contribution in [0, 0.1) is 17.3 Å². The quantitative estimate of drug-likeness (QED) is 0.169. The van der Waals surface area contributed by atoms with E-state index in [9.17, 15) is 14.4 Å². The Labute approximate surface area is 259 Å². The summed E-state index contributed by atoms with van der Waals surface area (Å²) in [4.78, 5) is 42.8. The van der Waals surface area contributed by atoms with Crippen LogP contribution in [0.15, 0.2) is 42.1 Å². The molecule has 2 fully saturated rings. The minimum atomic E-state index is -1.10. The normalized spacial score (nSPS) is 25.7. The lowest BCUT2D eigenvalue weighted by atomic mass is 9.66. The van der Waals surface area contributed by atoms with Gasteiger partial charge in [-0.15, -0.1) is 0 Å². The van der Waals surface area contributed by atoms with Gasteiger partial charge in [-0.25, -0.2) is 0 Å². The molecular formula is C36H54N2O5. The Bertz CT molecular complexity index is 1080. The molecule has 2 amide bonds. The molecule has 0 unspecified atom stereocenters. The zero-order valence-corrected chi connectivity index (χ0v) is 26.8. The first kappa shape index (κ1) is 33.2. The van der Waals surface area contributed by atoms with Crippen molar-refractivity contribution in [1.82, 2.24) is 10.2 Å². The lowest BCUT2D eigenvalue weighted by Gasteiger charge is -2.52. The summed E-state index contributed by atoms with van der Waals surface area (Å²) in [6, 6.07) is 10.3. The Kier molecular flexibility index (Phi) is 12.7. The molecule has 43 heavy (non-hydrogen) atoms. The number of esters is 1. The topological polar surface area (TPSA) is 84.9 Å². The van der Waals surface area contributed by atoms with Gasteiger partial charge in [0.05, 0.1) is 19.3 Å². The van der Waals surface area contributed by atoms with Gasteiger partial charge in [0, 0.05) is 31.1 Å². The fourth-order valence-corrected chi connectivity index (χ4v) is 7.45. The van der Waals surface area contributed by atoms with Crippen LogP contribution in [0.2, 0.25) is 0 Å². The van der Waals surface area contributed by atoms with E-state index < -0.39 is 17.4 Å². The molecule has 1 N–H and O–H groups in total. The summed E-state index contributed by atoms with van der Waals surface area (Å²) in [5, 5.41) is 3.03. The molecule has 2 aliphatic heterocycles. The number of carbonyl (C=O) groups excluding carboxylic acids is 3. The maximum atomic E-state index is 14.1. The van der Waals surface area contributed by atoms with E-state index in [0.29, 0.717) is 19.0 Å². The van der Waals surface area contributed by atoms with Gasteiger partial charge >= 0.3 is 5.97 Å². The summed E-state index contributed by atoms with van der Waals surface area (Å²) < 4.78 is 12.0. The predicted octanol–water partition coefficient (Wildman–Crippen LogP) is 6.75. The van der Waals surface area contributed by atoms with Gasteiger partial charge in [-0.05, 0) is 69.4 Å². The average molecular weight is 595 g/mol. The lowest BCUT2D eigenvalue weighted by molar-refractivity contribution is -0.177. The van der Waals surface area contributed by atoms with Crippen LogP contribution in [0.3, 0.4) is 0 Å². The number of carbonyl (C=O) groups is 3. The molecule has 0 aromatic heterocycles. The molecule has 1 saturated carbocycles. The summed E-state index contributed by atoms with van der Waals surface area (Å²) in [6.45, 7) is 5.29. The van der Waals surface area contributed by atoms with Crippen LogP contribution in [-0.4, -0.2) is 55.1 Å². The van der Waals surface area contributed by atoms with Crippen molar-refractivity contribution in [2.45, 2.75) is 122 Å². The summed E-state index contributed by atoms with van der Waals surface area (Å²) in [6.07, 6.45) is 15.9. The predicted molar refractivity (Wildman–Crippen MR) is 169 cm³/mol. The van der Waals surface area contributed by atoms with Gasteiger partial charge in [-0.1, -0.05) is 82.2 Å². The van der Waals surface area contributed by atoms with Crippen LogP contribution in [0.5, 0.6) is 0 Å². The number of likely N-dealkylation sites (tertiary alicyclic amines) is 1. The highest BCUT2D eigenvalue weighted by Gasteiger charge is 2.59. The van der Waals surface area contributed by atoms with Crippen LogP contribution in [-0.2, 0) is 30.3 Å². The minimum absolute atomic E-state index is 0.0437. The number of methoxy groups -OCH3 is 1. The Morgan fingerprint density at radius 2 is 1.74 bits per heavy atom. The van der Waals surface area contributed by atoms with E-state index in [1.54, 1.807) is 0 Å². The van der Waals surface area contributed by atoms with Gasteiger partial charge < -0.3 is 19.7 Å². The first-order valence-electron chi connectivity index (χ1n) is 17.0. The maximum Gasteiger partial charge on any atom is 0.320 e. The van der Waals surface area contributed by atoms with Crippen molar-refractivity contribution in [3.05, 3.63) is 47.7 Å². The van der Waals surface area contributed by atoms with Crippen molar-refractivity contribution in [3.63, 3.8) is 0 Å². The number of unbranched alkanes of at least 4 members (excludes halogenated alkanes) is 6. The highest BCUT2D eigenvalue weighted by atomic mass is 16.5. The van der Waals surface area contributed by atoms with Crippen molar-refractivity contribution in [3.8, 4) is 0 Å². The van der Waals surface area contributed by atoms with Crippen LogP contribution in [0.4, 0.5) is 0 Å². The second-order valence-corrected chi connectivity index (χ2v) is 13.0. The van der Waals surface area contributed by atoms with E-state index in [-0.39, 0.29) is 36.7 Å². The van der Waals surface area contributed by atoms with Crippen LogP contribution >= 0.6 is 0 Å². The number of nitrogens with one attached hydrogen (secondary N) is 1. The monoisotopic (exact) mass is 594 g/mol. The molecular weight excluding hydrogens is 540 g/mol. The van der Waals surface area contributed by atoms with Gasteiger partial charge in [0.25, 0.3) is 0 Å². The fraction of sp³-hybridized carbons (Fsp3) is 0.694. The number of amides is 2. The fourth-order valence-electron chi connectivity index (χ4n) is 7.45. The van der Waals surface area contributed by atoms with E-state index >= 15 is 0 Å². The van der Waals surface area contributed by atoms with Gasteiger partial charge in [-0.2, -0.15) is 0 Å². The highest BCUT2D eigenvalue weighted by molar-refractivity contribution is 5.92. The van der Waals surface area contributed by atoms with E-state index in [1.807, 2.05) is 30.0 Å². The molecule has 0 bridgehead atoms. The minimum Gasteiger partial charge on any atom is -0.468 e. The van der Waals surface area contributed by atoms with Crippen LogP contribution in [0.25, 0.3) is 0 Å². The standard InChI is InChI=1S/C36H54N2O5/c1-4-5-6-7-8-16-23-38-32-25-31(29-20-12-13-21-29)43-27(2)36(32,35(41)42-3)26-30(34(38)40)24-33(39)37-22-15-14-19-28-17-10-9-11-18-28/h9-11,17-18,25,27,29-31H,4-8,12-16,19-24,26H2,1-3H3,(H,37,39)/t27-,30+,31-,36+/m1/s1. The number of rotatable bonds is 16. The van der Waals surface area contributed by atoms with E-state index in [0.717, 1.165) is 57.1 Å². The SMILES string of the molecule is CCCCCCCCN1C(=O)[C@@H](CC(=O)NCCCCc2ccccc2)C[C@@]2(C(=O)OC)C1=C[C@H](C1CCCC1)O[C@@H]2C. The Hall–Kier alpha value is -2.67. The second-order valence-electron chi connectivity index (χ2n) is 13.0. The number of ether oxygens (including phenoxy) is 2. The largest absolute Gasteiger partial charge is 0.468 e. The first-order valence-corrected chi connectivity index (χ1v) is 17.0. The zero-order valence-electron chi connectivity index (χ0n) is 26.8. The Morgan fingerprint density at radius 3 is 2.47 bits per heavy atom. The van der Waals surface area contributed by atoms with Crippen molar-refractivity contribution in [2.75, 3.05) is 20.2 Å². The molecule has 238 valence electrons. The summed E-state index contributed by atoms with van der Waals surface area (Å²) >= 11 is 0. The molecule has 1 aromatic rings. The molecule has 1 aromatic carbocycles. The molecule has 1 aliphatic carbocycles. The molecule has 2 heterocycles. The first-order chi connectivity index (χ1) is 20.9. The summed E-state index contributed by atoms with van der Waals surface area (Å²) in [7, 11) is 1.41. The number of piperidine rings is 1. The summed E-state index contributed by atoms with van der Waals surface area (Å²) in [5.41, 5.74) is 0.954. The van der Waals surface area contributed by atoms with Gasteiger partial charge in [0.1, 0.15) is 5.41 Å². The second kappa shape index (κ2) is 16.4. The van der Waals surface area contributed by atoms with Crippen molar-refractivity contribution < 1.29 is 23.9 Å². The summed E-state index contributed by atoms with van der Waals surface area (Å²) in [5.74, 6) is -0.754. The smallest absolute Gasteiger partial charge is 0.320 e. The Balaban J connectivity index is 1.47. The third-order valence-electron chi connectivity index (χ3n) is 9.95. The molecule has 7 nitrogen and oxygen atoms in total. The number of aryl methyl sites for hydroxylation is 1. The Morgan fingerprint density at radius 1 is 1.02 bits per heavy atom. The third-order valence-corrected chi connectivity index (χ3v) is 9.95. The number of benzene rings is 1. The highest BCUT2D eigenvalue weighted by Crippen LogP contribution is 2.51. The van der Waals surface area contributed by atoms with Crippen LogP contribution in [0.1, 0.15) is 109 Å². The molecule has 1 saturated heterocycles. The van der Waals surface area contributed by atoms with E-state index in [1.165, 1.54) is 44.8 Å². The average Bonchev–Trinajstić information content (AvgIpc) is 3.56. The number of hydrogen-bond donors (Lipinski definition) is 1. The number of fused-ring (bicyclic) bond motifs is 1. The number of nitrogens with zero attached hydrogens (tertiary/aromatic N) is 1. The number of hydrogen-bond acceptors (Lipinski definition) is 5. The molecule has 4 atom stereocenters. The lowest BCUT2D eigenvalue weighted by Crippen LogP contribution is -2.60. The van der Waals surface area contributed by atoms with Crippen molar-refractivity contribution in [2.24, 2.45) is 17.3 Å². The van der Waals surface area contributed by atoms with Crippen molar-refractivity contribution >= 4 is 17.8 Å². The van der Waals surface area contributed by atoms with Gasteiger partial charge in [0.2, 0.25) is 11.8 Å². The molecule has 0 radical (unpaired) electrons.